The zero-order chi connectivity index (χ0) is 12.0. The molecule has 1 aromatic carbocycles. The van der Waals surface area contributed by atoms with Crippen LogP contribution in [0.2, 0.25) is 0 Å². The summed E-state index contributed by atoms with van der Waals surface area (Å²) in [6.45, 7) is 4.54. The number of carbonyl (C=O) groups is 1. The van der Waals surface area contributed by atoms with E-state index in [4.69, 9.17) is 0 Å². The minimum absolute atomic E-state index is 0.259. The van der Waals surface area contributed by atoms with Crippen LogP contribution in [0.3, 0.4) is 0 Å². The number of hydrogen-bond acceptors (Lipinski definition) is 1. The molecule has 1 nitrogen and oxygen atoms in total. The van der Waals surface area contributed by atoms with Crippen LogP contribution in [0.5, 0.6) is 0 Å². The molecular weight excluding hydrogens is 208 g/mol. The SMILES string of the molecule is Cc1ccc2c(c1)CC[C@H]1CC(=O)CC[C@@]21C. The van der Waals surface area contributed by atoms with E-state index in [-0.39, 0.29) is 5.41 Å². The molecule has 3 rings (SSSR count). The molecule has 1 heteroatoms. The van der Waals surface area contributed by atoms with E-state index in [0.717, 1.165) is 25.7 Å². The Kier molecular flexibility index (Phi) is 2.39. The molecule has 2 aliphatic carbocycles. The molecule has 0 unspecified atom stereocenters. The first-order chi connectivity index (χ1) is 8.09. The fraction of sp³-hybridized carbons (Fsp3) is 0.562. The maximum Gasteiger partial charge on any atom is 0.133 e. The standard InChI is InChI=1S/C16H20O/c1-11-3-6-15-12(9-11)4-5-13-10-14(17)7-8-16(13,15)2/h3,6,9,13H,4-5,7-8,10H2,1-2H3/t13-,16+/m0/s1. The van der Waals surface area contributed by atoms with Gasteiger partial charge in [0.25, 0.3) is 0 Å². The molecule has 17 heavy (non-hydrogen) atoms. The lowest BCUT2D eigenvalue weighted by atomic mass is 9.58. The monoisotopic (exact) mass is 228 g/mol. The van der Waals surface area contributed by atoms with Gasteiger partial charge in [-0.2, -0.15) is 0 Å². The molecule has 0 N–H and O–H groups in total. The van der Waals surface area contributed by atoms with Crippen molar-refractivity contribution in [2.75, 3.05) is 0 Å². The van der Waals surface area contributed by atoms with Crippen molar-refractivity contribution in [1.82, 2.24) is 0 Å². The molecule has 0 heterocycles. The average molecular weight is 228 g/mol. The fourth-order valence-corrected chi connectivity index (χ4v) is 3.80. The topological polar surface area (TPSA) is 17.1 Å². The van der Waals surface area contributed by atoms with Gasteiger partial charge in [-0.3, -0.25) is 4.79 Å². The molecule has 1 fully saturated rings. The van der Waals surface area contributed by atoms with E-state index in [1.807, 2.05) is 0 Å². The second-order valence-electron chi connectivity index (χ2n) is 6.06. The lowest BCUT2D eigenvalue weighted by Gasteiger charge is -2.46. The van der Waals surface area contributed by atoms with E-state index >= 15 is 0 Å². The van der Waals surface area contributed by atoms with Gasteiger partial charge in [0, 0.05) is 12.8 Å². The summed E-state index contributed by atoms with van der Waals surface area (Å²) in [7, 11) is 0. The zero-order valence-electron chi connectivity index (χ0n) is 10.8. The third kappa shape index (κ3) is 1.64. The van der Waals surface area contributed by atoms with Crippen molar-refractivity contribution in [3.05, 3.63) is 34.9 Å². The smallest absolute Gasteiger partial charge is 0.133 e. The second-order valence-corrected chi connectivity index (χ2v) is 6.06. The number of fused-ring (bicyclic) bond motifs is 3. The van der Waals surface area contributed by atoms with Crippen LogP contribution in [0.4, 0.5) is 0 Å². The lowest BCUT2D eigenvalue weighted by Crippen LogP contribution is -2.41. The van der Waals surface area contributed by atoms with Crippen molar-refractivity contribution in [2.45, 2.75) is 51.4 Å². The Labute approximate surface area is 103 Å². The summed E-state index contributed by atoms with van der Waals surface area (Å²) < 4.78 is 0. The van der Waals surface area contributed by atoms with Crippen molar-refractivity contribution >= 4 is 5.78 Å². The molecule has 0 aromatic heterocycles. The molecule has 1 saturated carbocycles. The number of hydrogen-bond donors (Lipinski definition) is 0. The Bertz CT molecular complexity index is 474. The van der Waals surface area contributed by atoms with Crippen molar-refractivity contribution in [2.24, 2.45) is 5.92 Å². The van der Waals surface area contributed by atoms with Gasteiger partial charge in [-0.25, -0.2) is 0 Å². The fourth-order valence-electron chi connectivity index (χ4n) is 3.80. The van der Waals surface area contributed by atoms with Crippen LogP contribution in [0.1, 0.15) is 49.3 Å². The third-order valence-electron chi connectivity index (χ3n) is 4.94. The van der Waals surface area contributed by atoms with E-state index in [1.54, 1.807) is 0 Å². The molecule has 0 spiro atoms. The largest absolute Gasteiger partial charge is 0.300 e. The first-order valence-electron chi connectivity index (χ1n) is 6.71. The molecular formula is C16H20O. The summed E-state index contributed by atoms with van der Waals surface area (Å²) in [5, 5.41) is 0. The molecule has 0 bridgehead atoms. The van der Waals surface area contributed by atoms with E-state index in [2.05, 4.69) is 32.0 Å². The van der Waals surface area contributed by atoms with E-state index in [1.165, 1.54) is 23.1 Å². The van der Waals surface area contributed by atoms with Gasteiger partial charge in [0.2, 0.25) is 0 Å². The Morgan fingerprint density at radius 3 is 2.94 bits per heavy atom. The van der Waals surface area contributed by atoms with Gasteiger partial charge >= 0.3 is 0 Å². The number of rotatable bonds is 0. The maximum absolute atomic E-state index is 11.6. The van der Waals surface area contributed by atoms with E-state index in [9.17, 15) is 4.79 Å². The predicted molar refractivity (Wildman–Crippen MR) is 69.2 cm³/mol. The normalized spacial score (nSPS) is 31.9. The molecule has 1 aromatic rings. The van der Waals surface area contributed by atoms with Crippen molar-refractivity contribution < 1.29 is 4.79 Å². The van der Waals surface area contributed by atoms with Crippen LogP contribution in [0.25, 0.3) is 0 Å². The van der Waals surface area contributed by atoms with Crippen LogP contribution in [0, 0.1) is 12.8 Å². The molecule has 90 valence electrons. The van der Waals surface area contributed by atoms with Crippen molar-refractivity contribution in [3.63, 3.8) is 0 Å². The van der Waals surface area contributed by atoms with Gasteiger partial charge in [0.1, 0.15) is 5.78 Å². The highest BCUT2D eigenvalue weighted by atomic mass is 16.1. The van der Waals surface area contributed by atoms with Crippen LogP contribution in [-0.4, -0.2) is 5.78 Å². The van der Waals surface area contributed by atoms with E-state index < -0.39 is 0 Å². The second kappa shape index (κ2) is 3.69. The number of benzene rings is 1. The quantitative estimate of drug-likeness (QED) is 0.663. The van der Waals surface area contributed by atoms with Gasteiger partial charge in [0.05, 0.1) is 0 Å². The summed E-state index contributed by atoms with van der Waals surface area (Å²) >= 11 is 0. The summed E-state index contributed by atoms with van der Waals surface area (Å²) in [4.78, 5) is 11.6. The highest BCUT2D eigenvalue weighted by Gasteiger charge is 2.43. The summed E-state index contributed by atoms with van der Waals surface area (Å²) in [6, 6.07) is 6.88. The van der Waals surface area contributed by atoms with Crippen LogP contribution in [-0.2, 0) is 16.6 Å². The Morgan fingerprint density at radius 1 is 1.29 bits per heavy atom. The molecule has 0 aliphatic heterocycles. The summed E-state index contributed by atoms with van der Waals surface area (Å²) in [5.41, 5.74) is 4.66. The first kappa shape index (κ1) is 11.0. The maximum atomic E-state index is 11.6. The Balaban J connectivity index is 2.07. The number of ketones is 1. The molecule has 0 radical (unpaired) electrons. The van der Waals surface area contributed by atoms with E-state index in [0.29, 0.717) is 11.7 Å². The number of carbonyl (C=O) groups excluding carboxylic acids is 1. The molecule has 0 amide bonds. The predicted octanol–water partition coefficient (Wildman–Crippen LogP) is 3.57. The summed E-state index contributed by atoms with van der Waals surface area (Å²) in [5.74, 6) is 1.06. The average Bonchev–Trinajstić information content (AvgIpc) is 2.30. The van der Waals surface area contributed by atoms with Crippen LogP contribution < -0.4 is 0 Å². The van der Waals surface area contributed by atoms with Crippen LogP contribution in [0.15, 0.2) is 18.2 Å². The van der Waals surface area contributed by atoms with Gasteiger partial charge in [-0.15, -0.1) is 0 Å². The third-order valence-corrected chi connectivity index (χ3v) is 4.94. The van der Waals surface area contributed by atoms with Crippen molar-refractivity contribution in [3.8, 4) is 0 Å². The number of aryl methyl sites for hydroxylation is 2. The minimum atomic E-state index is 0.259. The minimum Gasteiger partial charge on any atom is -0.300 e. The van der Waals surface area contributed by atoms with Gasteiger partial charge < -0.3 is 0 Å². The molecule has 2 aliphatic rings. The Morgan fingerprint density at radius 2 is 2.12 bits per heavy atom. The van der Waals surface area contributed by atoms with Gasteiger partial charge in [-0.05, 0) is 48.6 Å². The van der Waals surface area contributed by atoms with Gasteiger partial charge in [-0.1, -0.05) is 30.7 Å². The molecule has 2 atom stereocenters. The van der Waals surface area contributed by atoms with Crippen molar-refractivity contribution in [1.29, 1.82) is 0 Å². The number of Topliss-reactive ketones (excluding diaryl/α,β-unsaturated/α-hetero) is 1. The molecule has 0 saturated heterocycles. The Hall–Kier alpha value is -1.11. The summed E-state index contributed by atoms with van der Waals surface area (Å²) in [6.07, 6.45) is 4.99. The highest BCUT2D eigenvalue weighted by molar-refractivity contribution is 5.80. The lowest BCUT2D eigenvalue weighted by molar-refractivity contribution is -0.123. The first-order valence-corrected chi connectivity index (χ1v) is 6.71. The highest BCUT2D eigenvalue weighted by Crippen LogP contribution is 2.48. The zero-order valence-corrected chi connectivity index (χ0v) is 10.8. The van der Waals surface area contributed by atoms with Gasteiger partial charge in [0.15, 0.2) is 0 Å². The van der Waals surface area contributed by atoms with Crippen LogP contribution >= 0.6 is 0 Å².